The van der Waals surface area contributed by atoms with Gasteiger partial charge in [0.25, 0.3) is 0 Å². The lowest BCUT2D eigenvalue weighted by Gasteiger charge is -2.22. The minimum atomic E-state index is -0.411. The van der Waals surface area contributed by atoms with Gasteiger partial charge in [0.2, 0.25) is 5.91 Å². The molecule has 100 valence electrons. The maximum absolute atomic E-state index is 14.0. The summed E-state index contributed by atoms with van der Waals surface area (Å²) in [5.41, 5.74) is 0.388. The molecule has 1 unspecified atom stereocenters. The Hall–Kier alpha value is -1.72. The lowest BCUT2D eigenvalue weighted by Crippen LogP contribution is -2.35. The molecule has 18 heavy (non-hydrogen) atoms. The molecule has 1 aromatic rings. The van der Waals surface area contributed by atoms with Crippen molar-refractivity contribution in [3.05, 3.63) is 17.8 Å². The van der Waals surface area contributed by atoms with E-state index in [1.807, 2.05) is 6.92 Å². The van der Waals surface area contributed by atoms with E-state index < -0.39 is 5.82 Å². The number of hydrogen-bond donors (Lipinski definition) is 1. The highest BCUT2D eigenvalue weighted by Gasteiger charge is 2.18. The van der Waals surface area contributed by atoms with Crippen molar-refractivity contribution in [3.8, 4) is 0 Å². The van der Waals surface area contributed by atoms with E-state index in [2.05, 4.69) is 15.3 Å². The van der Waals surface area contributed by atoms with Crippen molar-refractivity contribution in [1.29, 1.82) is 0 Å². The van der Waals surface area contributed by atoms with Gasteiger partial charge in [-0.05, 0) is 6.42 Å². The zero-order chi connectivity index (χ0) is 13.7. The number of halogens is 1. The first-order valence-electron chi connectivity index (χ1n) is 5.93. The molecule has 1 heterocycles. The fourth-order valence-corrected chi connectivity index (χ4v) is 1.73. The lowest BCUT2D eigenvalue weighted by molar-refractivity contribution is -0.123. The van der Waals surface area contributed by atoms with Crippen LogP contribution >= 0.6 is 0 Å². The molecule has 0 bridgehead atoms. The van der Waals surface area contributed by atoms with Crippen LogP contribution < -0.4 is 10.2 Å². The molecule has 1 amide bonds. The van der Waals surface area contributed by atoms with Crippen LogP contribution in [-0.4, -0.2) is 36.5 Å². The highest BCUT2D eigenvalue weighted by molar-refractivity contribution is 5.78. The number of anilines is 1. The molecule has 0 aliphatic heterocycles. The van der Waals surface area contributed by atoms with Crippen LogP contribution in [0.5, 0.6) is 0 Å². The van der Waals surface area contributed by atoms with Gasteiger partial charge in [-0.25, -0.2) is 14.4 Å². The molecule has 0 aliphatic rings. The first-order valence-corrected chi connectivity index (χ1v) is 5.93. The van der Waals surface area contributed by atoms with Crippen molar-refractivity contribution < 1.29 is 9.18 Å². The highest BCUT2D eigenvalue weighted by atomic mass is 19.1. The van der Waals surface area contributed by atoms with Gasteiger partial charge < -0.3 is 10.2 Å². The van der Waals surface area contributed by atoms with E-state index in [1.165, 1.54) is 6.33 Å². The Balaban J connectivity index is 2.84. The van der Waals surface area contributed by atoms with E-state index in [0.717, 1.165) is 0 Å². The molecule has 0 aliphatic carbocycles. The van der Waals surface area contributed by atoms with Crippen LogP contribution in [-0.2, 0) is 11.2 Å². The molecule has 0 radical (unpaired) electrons. The predicted molar refractivity (Wildman–Crippen MR) is 67.9 cm³/mol. The molecule has 1 N–H and O–H groups in total. The number of nitrogens with zero attached hydrogens (tertiary/aromatic N) is 3. The maximum Gasteiger partial charge on any atom is 0.224 e. The van der Waals surface area contributed by atoms with E-state index in [1.54, 1.807) is 25.9 Å². The number of amides is 1. The third kappa shape index (κ3) is 3.15. The number of aryl methyl sites for hydroxylation is 1. The van der Waals surface area contributed by atoms with E-state index in [4.69, 9.17) is 0 Å². The third-order valence-corrected chi connectivity index (χ3v) is 2.78. The van der Waals surface area contributed by atoms with Gasteiger partial charge in [-0.15, -0.1) is 0 Å². The Morgan fingerprint density at radius 1 is 1.56 bits per heavy atom. The summed E-state index contributed by atoms with van der Waals surface area (Å²) in [6.07, 6.45) is 1.86. The molecule has 5 nitrogen and oxygen atoms in total. The van der Waals surface area contributed by atoms with Crippen molar-refractivity contribution in [1.82, 2.24) is 15.3 Å². The summed E-state index contributed by atoms with van der Waals surface area (Å²) in [6, 6.07) is 0. The molecular weight excluding hydrogens is 235 g/mol. The Morgan fingerprint density at radius 2 is 2.22 bits per heavy atom. The Bertz CT molecular complexity index is 425. The number of hydrogen-bond acceptors (Lipinski definition) is 4. The third-order valence-electron chi connectivity index (χ3n) is 2.78. The minimum Gasteiger partial charge on any atom is -0.359 e. The van der Waals surface area contributed by atoms with Crippen LogP contribution in [0.1, 0.15) is 19.5 Å². The molecule has 0 aromatic carbocycles. The zero-order valence-corrected chi connectivity index (χ0v) is 11.2. The fraction of sp³-hybridized carbons (Fsp3) is 0.583. The number of carbonyl (C=O) groups is 1. The van der Waals surface area contributed by atoms with Crippen LogP contribution in [0.2, 0.25) is 0 Å². The average molecular weight is 254 g/mol. The highest BCUT2D eigenvalue weighted by Crippen LogP contribution is 2.17. The summed E-state index contributed by atoms with van der Waals surface area (Å²) in [5.74, 6) is -0.490. The number of carbonyl (C=O) groups excluding carboxylic acids is 1. The monoisotopic (exact) mass is 254 g/mol. The average Bonchev–Trinajstić information content (AvgIpc) is 2.37. The summed E-state index contributed by atoms with van der Waals surface area (Å²) in [6.45, 7) is 4.02. The normalized spacial score (nSPS) is 12.1. The van der Waals surface area contributed by atoms with Gasteiger partial charge in [0, 0.05) is 20.6 Å². The largest absolute Gasteiger partial charge is 0.359 e. The van der Waals surface area contributed by atoms with Crippen LogP contribution in [0.25, 0.3) is 0 Å². The van der Waals surface area contributed by atoms with E-state index in [-0.39, 0.29) is 17.6 Å². The van der Waals surface area contributed by atoms with Crippen molar-refractivity contribution in [3.63, 3.8) is 0 Å². The van der Waals surface area contributed by atoms with Gasteiger partial charge in [0.1, 0.15) is 6.33 Å². The second-order valence-corrected chi connectivity index (χ2v) is 4.21. The molecule has 6 heteroatoms. The summed E-state index contributed by atoms with van der Waals surface area (Å²) in [5, 5.41) is 2.57. The standard InChI is InChI=1S/C12H19FN4O/c1-5-9-10(13)11(16-7-15-9)17(4)6-8(2)12(18)14-3/h7-8H,5-6H2,1-4H3,(H,14,18). The smallest absolute Gasteiger partial charge is 0.224 e. The molecule has 0 saturated heterocycles. The van der Waals surface area contributed by atoms with Crippen LogP contribution in [0.15, 0.2) is 6.33 Å². The number of rotatable bonds is 5. The number of nitrogens with one attached hydrogen (secondary N) is 1. The second-order valence-electron chi connectivity index (χ2n) is 4.21. The van der Waals surface area contributed by atoms with E-state index >= 15 is 0 Å². The lowest BCUT2D eigenvalue weighted by atomic mass is 10.1. The molecule has 0 saturated carbocycles. The van der Waals surface area contributed by atoms with Crippen molar-refractivity contribution in [2.75, 3.05) is 25.5 Å². The zero-order valence-electron chi connectivity index (χ0n) is 11.2. The summed E-state index contributed by atoms with van der Waals surface area (Å²) >= 11 is 0. The van der Waals surface area contributed by atoms with Crippen LogP contribution in [0, 0.1) is 11.7 Å². The first-order chi connectivity index (χ1) is 8.51. The van der Waals surface area contributed by atoms with Crippen LogP contribution in [0.4, 0.5) is 10.2 Å². The van der Waals surface area contributed by atoms with Crippen molar-refractivity contribution in [2.45, 2.75) is 20.3 Å². The molecule has 0 spiro atoms. The molecule has 1 rings (SSSR count). The Morgan fingerprint density at radius 3 is 2.78 bits per heavy atom. The SMILES string of the molecule is CCc1ncnc(N(C)CC(C)C(=O)NC)c1F. The van der Waals surface area contributed by atoms with E-state index in [0.29, 0.717) is 18.7 Å². The first kappa shape index (κ1) is 14.3. The van der Waals surface area contributed by atoms with Gasteiger partial charge in [-0.1, -0.05) is 13.8 Å². The maximum atomic E-state index is 14.0. The van der Waals surface area contributed by atoms with Crippen LogP contribution in [0.3, 0.4) is 0 Å². The van der Waals surface area contributed by atoms with Gasteiger partial charge in [0.05, 0.1) is 11.6 Å². The Kier molecular flexibility index (Phi) is 5.00. The van der Waals surface area contributed by atoms with Crippen molar-refractivity contribution in [2.24, 2.45) is 5.92 Å². The summed E-state index contributed by atoms with van der Waals surface area (Å²) in [4.78, 5) is 20.9. The Labute approximate surface area is 106 Å². The molecule has 1 atom stereocenters. The van der Waals surface area contributed by atoms with Gasteiger partial charge in [0.15, 0.2) is 11.6 Å². The fourth-order valence-electron chi connectivity index (χ4n) is 1.73. The van der Waals surface area contributed by atoms with Gasteiger partial charge in [-0.3, -0.25) is 4.79 Å². The predicted octanol–water partition coefficient (Wildman–Crippen LogP) is 0.996. The molecule has 1 aromatic heterocycles. The topological polar surface area (TPSA) is 58.1 Å². The van der Waals surface area contributed by atoms with Gasteiger partial charge >= 0.3 is 0 Å². The molecule has 0 fully saturated rings. The van der Waals surface area contributed by atoms with E-state index in [9.17, 15) is 9.18 Å². The van der Waals surface area contributed by atoms with Crippen molar-refractivity contribution >= 4 is 11.7 Å². The van der Waals surface area contributed by atoms with Gasteiger partial charge in [-0.2, -0.15) is 0 Å². The quantitative estimate of drug-likeness (QED) is 0.851. The number of aromatic nitrogens is 2. The molecular formula is C12H19FN4O. The summed E-state index contributed by atoms with van der Waals surface area (Å²) in [7, 11) is 3.30. The summed E-state index contributed by atoms with van der Waals surface area (Å²) < 4.78 is 14.0. The second kappa shape index (κ2) is 6.28. The minimum absolute atomic E-state index is 0.0768.